The quantitative estimate of drug-likeness (QED) is 0.749. The molecule has 0 spiro atoms. The van der Waals surface area contributed by atoms with E-state index in [0.717, 1.165) is 47.1 Å². The van der Waals surface area contributed by atoms with Crippen LogP contribution >= 0.6 is 11.3 Å². The smallest absolute Gasteiger partial charge is 0.321 e. The normalized spacial score (nSPS) is 15.4. The van der Waals surface area contributed by atoms with E-state index in [9.17, 15) is 4.79 Å². The molecule has 0 atom stereocenters. The fourth-order valence-electron chi connectivity index (χ4n) is 3.40. The first-order valence-corrected chi connectivity index (χ1v) is 9.86. The van der Waals surface area contributed by atoms with Crippen molar-refractivity contribution in [2.24, 2.45) is 7.05 Å². The topological polar surface area (TPSA) is 79.2 Å². The minimum Gasteiger partial charge on any atom is -0.322 e. The molecule has 4 rings (SSSR count). The number of thiazole rings is 1. The number of aromatic nitrogens is 4. The van der Waals surface area contributed by atoms with E-state index in [-0.39, 0.29) is 6.03 Å². The molecule has 142 valence electrons. The van der Waals surface area contributed by atoms with Crippen LogP contribution in [0.1, 0.15) is 16.4 Å². The Morgan fingerprint density at radius 3 is 2.74 bits per heavy atom. The van der Waals surface area contributed by atoms with Gasteiger partial charge in [-0.25, -0.2) is 14.8 Å². The standard InChI is InChI=1S/C18H23N7OS/c1-12-16-8-14(9-19-17(16)23(3)22-12)21-18(26)25-6-4-24(5-7-25)10-15-11-27-13(2)20-15/h8-9,11H,4-7,10H2,1-3H3,(H,21,26). The second-order valence-electron chi connectivity index (χ2n) is 6.86. The first-order chi connectivity index (χ1) is 13.0. The van der Waals surface area contributed by atoms with E-state index in [1.165, 1.54) is 0 Å². The van der Waals surface area contributed by atoms with Gasteiger partial charge in [0.15, 0.2) is 5.65 Å². The molecule has 3 aromatic heterocycles. The van der Waals surface area contributed by atoms with Gasteiger partial charge in [-0.1, -0.05) is 0 Å². The van der Waals surface area contributed by atoms with Crippen molar-refractivity contribution in [3.8, 4) is 0 Å². The van der Waals surface area contributed by atoms with Crippen molar-refractivity contribution in [1.29, 1.82) is 0 Å². The zero-order valence-electron chi connectivity index (χ0n) is 15.8. The van der Waals surface area contributed by atoms with Gasteiger partial charge in [-0.05, 0) is 19.9 Å². The first kappa shape index (κ1) is 17.9. The van der Waals surface area contributed by atoms with Crippen molar-refractivity contribution in [1.82, 2.24) is 29.5 Å². The summed E-state index contributed by atoms with van der Waals surface area (Å²) in [6.07, 6.45) is 1.68. The van der Waals surface area contributed by atoms with Crippen LogP contribution in [0.2, 0.25) is 0 Å². The molecule has 0 unspecified atom stereocenters. The summed E-state index contributed by atoms with van der Waals surface area (Å²) < 4.78 is 1.75. The van der Waals surface area contributed by atoms with Crippen molar-refractivity contribution in [2.45, 2.75) is 20.4 Å². The molecule has 1 saturated heterocycles. The predicted octanol–water partition coefficient (Wildman–Crippen LogP) is 2.39. The number of anilines is 1. The van der Waals surface area contributed by atoms with Gasteiger partial charge >= 0.3 is 6.03 Å². The van der Waals surface area contributed by atoms with Crippen LogP contribution in [-0.2, 0) is 13.6 Å². The van der Waals surface area contributed by atoms with Crippen LogP contribution in [-0.4, -0.2) is 61.8 Å². The fraction of sp³-hybridized carbons (Fsp3) is 0.444. The van der Waals surface area contributed by atoms with Crippen LogP contribution in [0.15, 0.2) is 17.6 Å². The van der Waals surface area contributed by atoms with E-state index >= 15 is 0 Å². The Morgan fingerprint density at radius 2 is 2.04 bits per heavy atom. The van der Waals surface area contributed by atoms with E-state index < -0.39 is 0 Å². The average molecular weight is 385 g/mol. The van der Waals surface area contributed by atoms with E-state index in [0.29, 0.717) is 18.8 Å². The molecule has 0 saturated carbocycles. The number of nitrogens with zero attached hydrogens (tertiary/aromatic N) is 6. The lowest BCUT2D eigenvalue weighted by atomic mass is 10.2. The molecule has 1 N–H and O–H groups in total. The molecule has 0 bridgehead atoms. The van der Waals surface area contributed by atoms with Crippen molar-refractivity contribution < 1.29 is 4.79 Å². The summed E-state index contributed by atoms with van der Waals surface area (Å²) in [5.41, 5.74) is 3.53. The maximum Gasteiger partial charge on any atom is 0.321 e. The van der Waals surface area contributed by atoms with Crippen LogP contribution in [0.25, 0.3) is 11.0 Å². The molecule has 1 aliphatic rings. The fourth-order valence-corrected chi connectivity index (χ4v) is 4.00. The second kappa shape index (κ2) is 7.24. The predicted molar refractivity (Wildman–Crippen MR) is 106 cm³/mol. The molecule has 9 heteroatoms. The van der Waals surface area contributed by atoms with Crippen LogP contribution in [0.4, 0.5) is 10.5 Å². The van der Waals surface area contributed by atoms with Gasteiger partial charge in [0, 0.05) is 50.5 Å². The largest absolute Gasteiger partial charge is 0.322 e. The van der Waals surface area contributed by atoms with Crippen molar-refractivity contribution in [2.75, 3.05) is 31.5 Å². The number of piperazine rings is 1. The highest BCUT2D eigenvalue weighted by Gasteiger charge is 2.22. The van der Waals surface area contributed by atoms with Gasteiger partial charge in [0.2, 0.25) is 0 Å². The summed E-state index contributed by atoms with van der Waals surface area (Å²) in [6, 6.07) is 1.85. The van der Waals surface area contributed by atoms with E-state index in [1.54, 1.807) is 22.2 Å². The number of urea groups is 1. The molecule has 4 heterocycles. The maximum atomic E-state index is 12.6. The number of nitrogens with one attached hydrogen (secondary N) is 1. The summed E-state index contributed by atoms with van der Waals surface area (Å²) >= 11 is 1.68. The summed E-state index contributed by atoms with van der Waals surface area (Å²) in [6.45, 7) is 7.92. The van der Waals surface area contributed by atoms with Crippen LogP contribution in [0, 0.1) is 13.8 Å². The highest BCUT2D eigenvalue weighted by atomic mass is 32.1. The van der Waals surface area contributed by atoms with Gasteiger partial charge in [-0.15, -0.1) is 11.3 Å². The Morgan fingerprint density at radius 1 is 1.26 bits per heavy atom. The first-order valence-electron chi connectivity index (χ1n) is 8.98. The number of rotatable bonds is 3. The molecule has 1 fully saturated rings. The second-order valence-corrected chi connectivity index (χ2v) is 7.92. The molecule has 8 nitrogen and oxygen atoms in total. The zero-order valence-corrected chi connectivity index (χ0v) is 16.6. The molecule has 3 aromatic rings. The van der Waals surface area contributed by atoms with Gasteiger partial charge in [0.25, 0.3) is 0 Å². The van der Waals surface area contributed by atoms with Gasteiger partial charge in [-0.3, -0.25) is 9.58 Å². The van der Waals surface area contributed by atoms with Crippen LogP contribution in [0.5, 0.6) is 0 Å². The summed E-state index contributed by atoms with van der Waals surface area (Å²) in [5, 5.41) is 11.5. The molecule has 1 aliphatic heterocycles. The Balaban J connectivity index is 1.35. The molecule has 27 heavy (non-hydrogen) atoms. The Kier molecular flexibility index (Phi) is 4.79. The SMILES string of the molecule is Cc1nc(CN2CCN(C(=O)Nc3cnc4c(c3)c(C)nn4C)CC2)cs1. The number of aryl methyl sites for hydroxylation is 3. The Hall–Kier alpha value is -2.52. The highest BCUT2D eigenvalue weighted by Crippen LogP contribution is 2.20. The average Bonchev–Trinajstić information content (AvgIpc) is 3.18. The third-order valence-electron chi connectivity index (χ3n) is 4.83. The molecule has 0 radical (unpaired) electrons. The number of fused-ring (bicyclic) bond motifs is 1. The highest BCUT2D eigenvalue weighted by molar-refractivity contribution is 7.09. The number of carbonyl (C=O) groups is 1. The molecule has 0 aliphatic carbocycles. The number of hydrogen-bond acceptors (Lipinski definition) is 6. The number of amides is 2. The minimum atomic E-state index is -0.0816. The Bertz CT molecular complexity index is 971. The van der Waals surface area contributed by atoms with Gasteiger partial charge in [0.1, 0.15) is 0 Å². The maximum absolute atomic E-state index is 12.6. The molecule has 2 amide bonds. The summed E-state index contributed by atoms with van der Waals surface area (Å²) in [7, 11) is 1.87. The zero-order chi connectivity index (χ0) is 19.0. The van der Waals surface area contributed by atoms with Gasteiger partial charge in [-0.2, -0.15) is 5.10 Å². The van der Waals surface area contributed by atoms with Crippen molar-refractivity contribution in [3.63, 3.8) is 0 Å². The lowest BCUT2D eigenvalue weighted by Crippen LogP contribution is -2.49. The summed E-state index contributed by atoms with van der Waals surface area (Å²) in [5.74, 6) is 0. The number of pyridine rings is 1. The molecule has 0 aromatic carbocycles. The lowest BCUT2D eigenvalue weighted by molar-refractivity contribution is 0.142. The number of carbonyl (C=O) groups excluding carboxylic acids is 1. The lowest BCUT2D eigenvalue weighted by Gasteiger charge is -2.34. The van der Waals surface area contributed by atoms with Crippen molar-refractivity contribution in [3.05, 3.63) is 34.0 Å². The molecular weight excluding hydrogens is 362 g/mol. The van der Waals surface area contributed by atoms with Crippen molar-refractivity contribution >= 4 is 34.1 Å². The Labute approximate surface area is 161 Å². The molecular formula is C18H23N7OS. The van der Waals surface area contributed by atoms with Gasteiger partial charge < -0.3 is 10.2 Å². The summed E-state index contributed by atoms with van der Waals surface area (Å²) in [4.78, 5) is 25.7. The third kappa shape index (κ3) is 3.79. The van der Waals surface area contributed by atoms with E-state index in [2.05, 4.69) is 30.7 Å². The van der Waals surface area contributed by atoms with Crippen LogP contribution < -0.4 is 5.32 Å². The van der Waals surface area contributed by atoms with Crippen LogP contribution in [0.3, 0.4) is 0 Å². The van der Waals surface area contributed by atoms with Gasteiger partial charge in [0.05, 0.1) is 28.3 Å². The minimum absolute atomic E-state index is 0.0816. The third-order valence-corrected chi connectivity index (χ3v) is 5.65. The van der Waals surface area contributed by atoms with E-state index in [1.807, 2.05) is 31.9 Å². The number of hydrogen-bond donors (Lipinski definition) is 1. The monoisotopic (exact) mass is 385 g/mol. The van der Waals surface area contributed by atoms with E-state index in [4.69, 9.17) is 0 Å².